The minimum absolute atomic E-state index is 0.325. The summed E-state index contributed by atoms with van der Waals surface area (Å²) in [6.07, 6.45) is 4.60. The van der Waals surface area contributed by atoms with Gasteiger partial charge in [0.2, 0.25) is 5.91 Å². The molecule has 0 aromatic carbocycles. The van der Waals surface area contributed by atoms with Gasteiger partial charge in [-0.15, -0.1) is 0 Å². The van der Waals surface area contributed by atoms with Gasteiger partial charge in [0.25, 0.3) is 0 Å². The molecule has 1 saturated heterocycles. The Labute approximate surface area is 130 Å². The molecule has 0 unspecified atom stereocenters. The van der Waals surface area contributed by atoms with Crippen molar-refractivity contribution in [2.45, 2.75) is 46.5 Å². The van der Waals surface area contributed by atoms with Gasteiger partial charge in [0.15, 0.2) is 0 Å². The molecule has 0 spiro atoms. The smallest absolute Gasteiger partial charge is 0.222 e. The van der Waals surface area contributed by atoms with Gasteiger partial charge < -0.3 is 19.3 Å². The number of nitrogens with zero attached hydrogens (tertiary/aromatic N) is 2. The largest absolute Gasteiger partial charge is 0.385 e. The predicted octanol–water partition coefficient (Wildman–Crippen LogP) is 2.20. The molecule has 1 fully saturated rings. The highest BCUT2D eigenvalue weighted by Gasteiger charge is 2.17. The van der Waals surface area contributed by atoms with Crippen LogP contribution in [0.3, 0.4) is 0 Å². The topological polar surface area (TPSA) is 49.9 Å². The van der Waals surface area contributed by atoms with Crippen LogP contribution in [-0.2, 0) is 14.3 Å². The number of aldehydes is 1. The van der Waals surface area contributed by atoms with Crippen LogP contribution < -0.4 is 0 Å². The van der Waals surface area contributed by atoms with Crippen molar-refractivity contribution < 1.29 is 14.3 Å². The summed E-state index contributed by atoms with van der Waals surface area (Å²) in [5.41, 5.74) is 0. The number of piperazine rings is 1. The van der Waals surface area contributed by atoms with E-state index in [-0.39, 0.29) is 0 Å². The Hall–Kier alpha value is -0.940. The summed E-state index contributed by atoms with van der Waals surface area (Å²) in [6.45, 7) is 10.1. The zero-order valence-electron chi connectivity index (χ0n) is 14.6. The van der Waals surface area contributed by atoms with E-state index >= 15 is 0 Å². The van der Waals surface area contributed by atoms with Crippen LogP contribution in [0.2, 0.25) is 0 Å². The summed E-state index contributed by atoms with van der Waals surface area (Å²) in [7, 11) is 3.82. The van der Waals surface area contributed by atoms with Crippen LogP contribution in [0.25, 0.3) is 0 Å². The Balaban J connectivity index is 0. The fourth-order valence-electron chi connectivity index (χ4n) is 1.91. The van der Waals surface area contributed by atoms with Crippen LogP contribution in [-0.4, -0.2) is 68.9 Å². The maximum Gasteiger partial charge on any atom is 0.222 e. The molecule has 0 aromatic heterocycles. The molecule has 126 valence electrons. The van der Waals surface area contributed by atoms with Crippen LogP contribution >= 0.6 is 0 Å². The molecule has 5 heteroatoms. The van der Waals surface area contributed by atoms with Crippen molar-refractivity contribution in [2.24, 2.45) is 0 Å². The Morgan fingerprint density at radius 2 is 1.62 bits per heavy atom. The lowest BCUT2D eigenvalue weighted by molar-refractivity contribution is -0.132. The molecule has 0 aliphatic carbocycles. The number of methoxy groups -OCH3 is 1. The van der Waals surface area contributed by atoms with Crippen molar-refractivity contribution in [3.63, 3.8) is 0 Å². The van der Waals surface area contributed by atoms with Crippen molar-refractivity contribution in [1.82, 2.24) is 9.80 Å². The van der Waals surface area contributed by atoms with E-state index in [1.807, 2.05) is 18.7 Å². The number of rotatable bonds is 6. The Morgan fingerprint density at radius 1 is 1.10 bits per heavy atom. The van der Waals surface area contributed by atoms with Crippen LogP contribution in [0.4, 0.5) is 0 Å². The first-order valence-corrected chi connectivity index (χ1v) is 8.00. The molecule has 1 aliphatic rings. The highest BCUT2D eigenvalue weighted by atomic mass is 16.5. The molecule has 0 atom stereocenters. The Bertz CT molecular complexity index is 240. The zero-order valence-corrected chi connectivity index (χ0v) is 14.6. The number of unbranched alkanes of at least 4 members (excludes halogenated alkanes) is 2. The van der Waals surface area contributed by atoms with Crippen molar-refractivity contribution in [2.75, 3.05) is 46.9 Å². The van der Waals surface area contributed by atoms with Gasteiger partial charge in [-0.05, 0) is 26.8 Å². The summed E-state index contributed by atoms with van der Waals surface area (Å²) in [4.78, 5) is 24.9. The predicted molar refractivity (Wildman–Crippen MR) is 87.5 cm³/mol. The second kappa shape index (κ2) is 17.1. The molecule has 1 amide bonds. The van der Waals surface area contributed by atoms with Gasteiger partial charge in [-0.25, -0.2) is 0 Å². The minimum atomic E-state index is 0.325. The quantitative estimate of drug-likeness (QED) is 0.557. The van der Waals surface area contributed by atoms with Gasteiger partial charge in [-0.3, -0.25) is 4.79 Å². The van der Waals surface area contributed by atoms with Gasteiger partial charge in [-0.2, -0.15) is 0 Å². The van der Waals surface area contributed by atoms with E-state index in [2.05, 4.69) is 11.9 Å². The molecule has 1 rings (SSSR count). The van der Waals surface area contributed by atoms with Crippen molar-refractivity contribution >= 4 is 12.2 Å². The highest BCUT2D eigenvalue weighted by Crippen LogP contribution is 2.06. The first-order valence-electron chi connectivity index (χ1n) is 8.00. The molecular formula is C16H34N2O3. The second-order valence-electron chi connectivity index (χ2n) is 4.72. The third-order valence-corrected chi connectivity index (χ3v) is 3.10. The summed E-state index contributed by atoms with van der Waals surface area (Å²) in [6, 6.07) is 0. The monoisotopic (exact) mass is 302 g/mol. The van der Waals surface area contributed by atoms with Gasteiger partial charge in [-0.1, -0.05) is 20.3 Å². The highest BCUT2D eigenvalue weighted by molar-refractivity contribution is 5.76. The SMILES string of the molecule is CC.CC=O.COCCCCCC(=O)N1CCN(C)CC1. The van der Waals surface area contributed by atoms with Crippen molar-refractivity contribution in [3.05, 3.63) is 0 Å². The average molecular weight is 302 g/mol. The number of carbonyl (C=O) groups excluding carboxylic acids is 2. The van der Waals surface area contributed by atoms with Crippen LogP contribution in [0.15, 0.2) is 0 Å². The molecule has 0 aromatic rings. The van der Waals surface area contributed by atoms with Gasteiger partial charge >= 0.3 is 0 Å². The van der Waals surface area contributed by atoms with Crippen LogP contribution in [0.1, 0.15) is 46.5 Å². The minimum Gasteiger partial charge on any atom is -0.385 e. The number of hydrogen-bond acceptors (Lipinski definition) is 4. The maximum absolute atomic E-state index is 11.8. The third-order valence-electron chi connectivity index (χ3n) is 3.10. The zero-order chi connectivity index (χ0) is 16.5. The third kappa shape index (κ3) is 13.8. The lowest BCUT2D eigenvalue weighted by atomic mass is 10.1. The molecule has 0 bridgehead atoms. The number of amides is 1. The normalized spacial score (nSPS) is 14.4. The molecule has 5 nitrogen and oxygen atoms in total. The second-order valence-corrected chi connectivity index (χ2v) is 4.72. The number of ether oxygens (including phenoxy) is 1. The Morgan fingerprint density at radius 3 is 2.10 bits per heavy atom. The number of carbonyl (C=O) groups is 2. The number of likely N-dealkylation sites (N-methyl/N-ethyl adjacent to an activating group) is 1. The first kappa shape index (κ1) is 22.3. The standard InChI is InChI=1S/C12H24N2O2.C2H4O.C2H6/c1-13-7-9-14(10-8-13)12(15)6-4-3-5-11-16-2;1-2-3;1-2/h3-11H2,1-2H3;2H,1H3;1-2H3. The van der Waals surface area contributed by atoms with Crippen molar-refractivity contribution in [1.29, 1.82) is 0 Å². The van der Waals surface area contributed by atoms with E-state index in [1.54, 1.807) is 7.11 Å². The molecule has 0 N–H and O–H groups in total. The van der Waals surface area contributed by atoms with E-state index in [9.17, 15) is 4.79 Å². The van der Waals surface area contributed by atoms with E-state index in [1.165, 1.54) is 6.92 Å². The summed E-state index contributed by atoms with van der Waals surface area (Å²) < 4.78 is 4.98. The summed E-state index contributed by atoms with van der Waals surface area (Å²) in [5, 5.41) is 0. The molecule has 21 heavy (non-hydrogen) atoms. The van der Waals surface area contributed by atoms with E-state index in [0.29, 0.717) is 12.3 Å². The molecule has 1 aliphatic heterocycles. The van der Waals surface area contributed by atoms with Gasteiger partial charge in [0.05, 0.1) is 0 Å². The van der Waals surface area contributed by atoms with Crippen LogP contribution in [0.5, 0.6) is 0 Å². The lowest BCUT2D eigenvalue weighted by Gasteiger charge is -2.32. The van der Waals surface area contributed by atoms with E-state index < -0.39 is 0 Å². The van der Waals surface area contributed by atoms with E-state index in [4.69, 9.17) is 9.53 Å². The fourth-order valence-corrected chi connectivity index (χ4v) is 1.91. The summed E-state index contributed by atoms with van der Waals surface area (Å²) in [5.74, 6) is 0.325. The molecule has 0 saturated carbocycles. The molecular weight excluding hydrogens is 268 g/mol. The van der Waals surface area contributed by atoms with Gasteiger partial charge in [0.1, 0.15) is 6.29 Å². The fraction of sp³-hybridized carbons (Fsp3) is 0.875. The maximum atomic E-state index is 11.8. The first-order chi connectivity index (χ1) is 10.2. The Kier molecular flexibility index (Phi) is 18.2. The summed E-state index contributed by atoms with van der Waals surface area (Å²) >= 11 is 0. The lowest BCUT2D eigenvalue weighted by Crippen LogP contribution is -2.47. The molecule has 0 radical (unpaired) electrons. The number of hydrogen-bond donors (Lipinski definition) is 0. The van der Waals surface area contributed by atoms with Gasteiger partial charge in [0, 0.05) is 46.3 Å². The van der Waals surface area contributed by atoms with Crippen LogP contribution in [0, 0.1) is 0 Å². The van der Waals surface area contributed by atoms with Crippen molar-refractivity contribution in [3.8, 4) is 0 Å². The van der Waals surface area contributed by atoms with E-state index in [0.717, 1.165) is 58.3 Å². The molecule has 1 heterocycles. The average Bonchev–Trinajstić information content (AvgIpc) is 2.50.